The Balaban J connectivity index is 2.51. The molecule has 0 bridgehead atoms. The average molecular weight is 276 g/mol. The molecule has 1 aromatic carbocycles. The molecule has 1 unspecified atom stereocenters. The maximum atomic E-state index is 12.2. The van der Waals surface area contributed by atoms with Crippen LogP contribution in [0.15, 0.2) is 24.0 Å². The summed E-state index contributed by atoms with van der Waals surface area (Å²) in [6.07, 6.45) is 1.09. The molecular formula is C16H20O4. The lowest BCUT2D eigenvalue weighted by atomic mass is 9.96. The molecule has 0 saturated carbocycles. The summed E-state index contributed by atoms with van der Waals surface area (Å²) >= 11 is 0. The molecule has 108 valence electrons. The predicted molar refractivity (Wildman–Crippen MR) is 76.9 cm³/mol. The number of carbonyl (C=O) groups is 1. The molecule has 0 fully saturated rings. The number of aryl methyl sites for hydroxylation is 1. The summed E-state index contributed by atoms with van der Waals surface area (Å²) in [5.74, 6) is 0.547. The third-order valence-corrected chi connectivity index (χ3v) is 3.69. The number of aliphatic hydroxyl groups excluding tert-OH is 1. The number of allylic oxidation sites excluding steroid dienone is 1. The fraction of sp³-hybridized carbons (Fsp3) is 0.438. The van der Waals surface area contributed by atoms with Crippen molar-refractivity contribution in [2.45, 2.75) is 19.8 Å². The van der Waals surface area contributed by atoms with E-state index in [1.165, 1.54) is 0 Å². The molecule has 20 heavy (non-hydrogen) atoms. The largest absolute Gasteiger partial charge is 0.511 e. The van der Waals surface area contributed by atoms with Crippen LogP contribution >= 0.6 is 0 Å². The first-order chi connectivity index (χ1) is 9.62. The van der Waals surface area contributed by atoms with Gasteiger partial charge in [0.25, 0.3) is 0 Å². The lowest BCUT2D eigenvalue weighted by Gasteiger charge is -2.11. The fourth-order valence-electron chi connectivity index (χ4n) is 2.62. The van der Waals surface area contributed by atoms with Crippen LogP contribution in [0, 0.1) is 5.92 Å². The topological polar surface area (TPSA) is 55.8 Å². The number of aliphatic hydroxyl groups is 1. The highest BCUT2D eigenvalue weighted by Gasteiger charge is 2.34. The number of benzene rings is 1. The first-order valence-electron chi connectivity index (χ1n) is 6.74. The smallest absolute Gasteiger partial charge is 0.167 e. The van der Waals surface area contributed by atoms with Crippen molar-refractivity contribution in [2.24, 2.45) is 5.92 Å². The van der Waals surface area contributed by atoms with Crippen LogP contribution in [0.25, 0.3) is 5.57 Å². The van der Waals surface area contributed by atoms with Gasteiger partial charge in [0.2, 0.25) is 0 Å². The SMILES string of the molecule is CCc1ccc(OC)cc1C1=C(O)C(COC)CC1=O. The van der Waals surface area contributed by atoms with Gasteiger partial charge < -0.3 is 14.6 Å². The molecule has 0 heterocycles. The second-order valence-electron chi connectivity index (χ2n) is 4.92. The van der Waals surface area contributed by atoms with Crippen LogP contribution in [0.1, 0.15) is 24.5 Å². The lowest BCUT2D eigenvalue weighted by Crippen LogP contribution is -2.07. The average Bonchev–Trinajstić information content (AvgIpc) is 2.73. The summed E-state index contributed by atoms with van der Waals surface area (Å²) in [5.41, 5.74) is 2.22. The van der Waals surface area contributed by atoms with Crippen molar-refractivity contribution >= 4 is 11.4 Å². The zero-order chi connectivity index (χ0) is 14.7. The Morgan fingerprint density at radius 2 is 2.10 bits per heavy atom. The van der Waals surface area contributed by atoms with Gasteiger partial charge in [0, 0.05) is 19.4 Å². The van der Waals surface area contributed by atoms with Gasteiger partial charge in [-0.25, -0.2) is 0 Å². The highest BCUT2D eigenvalue weighted by molar-refractivity contribution is 6.24. The third kappa shape index (κ3) is 2.56. The van der Waals surface area contributed by atoms with Crippen LogP contribution < -0.4 is 4.74 Å². The van der Waals surface area contributed by atoms with Gasteiger partial charge in [-0.15, -0.1) is 0 Å². The van der Waals surface area contributed by atoms with E-state index in [1.807, 2.05) is 25.1 Å². The molecule has 1 atom stereocenters. The lowest BCUT2D eigenvalue weighted by molar-refractivity contribution is -0.114. The van der Waals surface area contributed by atoms with Gasteiger partial charge in [-0.1, -0.05) is 13.0 Å². The quantitative estimate of drug-likeness (QED) is 0.898. The molecule has 0 spiro atoms. The number of methoxy groups -OCH3 is 2. The predicted octanol–water partition coefficient (Wildman–Crippen LogP) is 2.76. The van der Waals surface area contributed by atoms with Crippen LogP contribution in [0.4, 0.5) is 0 Å². The van der Waals surface area contributed by atoms with E-state index in [4.69, 9.17) is 9.47 Å². The molecule has 2 rings (SSSR count). The molecule has 0 radical (unpaired) electrons. The minimum absolute atomic E-state index is 0.0347. The number of hydrogen-bond donors (Lipinski definition) is 1. The Bertz CT molecular complexity index is 545. The Kier molecular flexibility index (Phi) is 4.45. The van der Waals surface area contributed by atoms with Crippen molar-refractivity contribution in [3.05, 3.63) is 35.1 Å². The van der Waals surface area contributed by atoms with E-state index in [-0.39, 0.29) is 17.5 Å². The third-order valence-electron chi connectivity index (χ3n) is 3.69. The Labute approximate surface area is 119 Å². The molecule has 1 aliphatic rings. The van der Waals surface area contributed by atoms with Gasteiger partial charge in [-0.3, -0.25) is 4.79 Å². The van der Waals surface area contributed by atoms with Crippen molar-refractivity contribution in [1.29, 1.82) is 0 Å². The van der Waals surface area contributed by atoms with Gasteiger partial charge in [0.15, 0.2) is 5.78 Å². The highest BCUT2D eigenvalue weighted by Crippen LogP contribution is 2.37. The maximum absolute atomic E-state index is 12.2. The number of carbonyl (C=O) groups excluding carboxylic acids is 1. The fourth-order valence-corrected chi connectivity index (χ4v) is 2.62. The van der Waals surface area contributed by atoms with Crippen LogP contribution in [0.5, 0.6) is 5.75 Å². The normalized spacial score (nSPS) is 18.8. The molecule has 1 aliphatic carbocycles. The van der Waals surface area contributed by atoms with Crippen molar-refractivity contribution in [3.63, 3.8) is 0 Å². The van der Waals surface area contributed by atoms with Crippen molar-refractivity contribution < 1.29 is 19.4 Å². The van der Waals surface area contributed by atoms with Crippen molar-refractivity contribution in [1.82, 2.24) is 0 Å². The van der Waals surface area contributed by atoms with Crippen molar-refractivity contribution in [2.75, 3.05) is 20.8 Å². The first-order valence-corrected chi connectivity index (χ1v) is 6.74. The van der Waals surface area contributed by atoms with E-state index in [2.05, 4.69) is 0 Å². The summed E-state index contributed by atoms with van der Waals surface area (Å²) in [4.78, 5) is 12.2. The van der Waals surface area contributed by atoms with E-state index in [0.29, 0.717) is 24.4 Å². The second-order valence-corrected chi connectivity index (χ2v) is 4.92. The van der Waals surface area contributed by atoms with Gasteiger partial charge in [0.05, 0.1) is 19.3 Å². The minimum Gasteiger partial charge on any atom is -0.511 e. The van der Waals surface area contributed by atoms with Crippen LogP contribution in [-0.4, -0.2) is 31.7 Å². The van der Waals surface area contributed by atoms with Gasteiger partial charge in [0.1, 0.15) is 11.5 Å². The van der Waals surface area contributed by atoms with E-state index in [9.17, 15) is 9.90 Å². The Morgan fingerprint density at radius 1 is 1.35 bits per heavy atom. The van der Waals surface area contributed by atoms with E-state index in [1.54, 1.807) is 14.2 Å². The standard InChI is InChI=1S/C16H20O4/c1-4-10-5-6-12(20-3)8-13(10)15-14(17)7-11(9-19-2)16(15)18/h5-6,8,11,18H,4,7,9H2,1-3H3. The summed E-state index contributed by atoms with van der Waals surface area (Å²) in [7, 11) is 3.15. The van der Waals surface area contributed by atoms with Gasteiger partial charge in [-0.05, 0) is 29.7 Å². The van der Waals surface area contributed by atoms with Crippen LogP contribution in [-0.2, 0) is 16.0 Å². The molecule has 0 aliphatic heterocycles. The first kappa shape index (κ1) is 14.6. The minimum atomic E-state index is -0.238. The monoisotopic (exact) mass is 276 g/mol. The zero-order valence-corrected chi connectivity index (χ0v) is 12.1. The van der Waals surface area contributed by atoms with E-state index in [0.717, 1.165) is 17.5 Å². The van der Waals surface area contributed by atoms with Crippen LogP contribution in [0.3, 0.4) is 0 Å². The summed E-state index contributed by atoms with van der Waals surface area (Å²) in [5, 5.41) is 10.3. The van der Waals surface area contributed by atoms with E-state index >= 15 is 0 Å². The molecule has 4 nitrogen and oxygen atoms in total. The zero-order valence-electron chi connectivity index (χ0n) is 12.1. The molecule has 1 N–H and O–H groups in total. The number of Topliss-reactive ketones (excluding diaryl/α,β-unsaturated/α-hetero) is 1. The number of ketones is 1. The summed E-state index contributed by atoms with van der Waals surface area (Å²) in [6.45, 7) is 2.38. The molecule has 0 saturated heterocycles. The highest BCUT2D eigenvalue weighted by atomic mass is 16.5. The summed E-state index contributed by atoms with van der Waals surface area (Å²) in [6, 6.07) is 5.62. The van der Waals surface area contributed by atoms with Gasteiger partial charge >= 0.3 is 0 Å². The molecule has 0 aromatic heterocycles. The number of hydrogen-bond acceptors (Lipinski definition) is 4. The van der Waals surface area contributed by atoms with Crippen molar-refractivity contribution in [3.8, 4) is 5.75 Å². The number of ether oxygens (including phenoxy) is 2. The maximum Gasteiger partial charge on any atom is 0.167 e. The van der Waals surface area contributed by atoms with Crippen LogP contribution in [0.2, 0.25) is 0 Å². The summed E-state index contributed by atoms with van der Waals surface area (Å²) < 4.78 is 10.3. The second kappa shape index (κ2) is 6.09. The molecular weight excluding hydrogens is 256 g/mol. The number of rotatable bonds is 5. The van der Waals surface area contributed by atoms with E-state index < -0.39 is 0 Å². The van der Waals surface area contributed by atoms with Gasteiger partial charge in [-0.2, -0.15) is 0 Å². The Morgan fingerprint density at radius 3 is 2.70 bits per heavy atom. The molecule has 0 amide bonds. The Hall–Kier alpha value is -1.81. The molecule has 1 aromatic rings. The molecule has 4 heteroatoms.